The van der Waals surface area contributed by atoms with Gasteiger partial charge in [0.15, 0.2) is 0 Å². The second kappa shape index (κ2) is 3.97. The van der Waals surface area contributed by atoms with Crippen molar-refractivity contribution in [2.45, 2.75) is 24.8 Å². The number of hydrogen-bond donors (Lipinski definition) is 2. The summed E-state index contributed by atoms with van der Waals surface area (Å²) < 4.78 is 0. The molecule has 1 aromatic rings. The molecule has 1 rings (SSSR count). The third-order valence-corrected chi connectivity index (χ3v) is 2.42. The molecule has 1 atom stereocenters. The van der Waals surface area contributed by atoms with Gasteiger partial charge in [0.25, 0.3) is 0 Å². The van der Waals surface area contributed by atoms with E-state index in [1.807, 2.05) is 24.3 Å². The second-order valence-electron chi connectivity index (χ2n) is 3.33. The van der Waals surface area contributed by atoms with E-state index in [0.717, 1.165) is 10.5 Å². The second-order valence-corrected chi connectivity index (χ2v) is 3.81. The monoisotopic (exact) mass is 181 g/mol. The zero-order chi connectivity index (χ0) is 9.14. The normalized spacial score (nSPS) is 13.4. The molecule has 2 N–H and O–H groups in total. The summed E-state index contributed by atoms with van der Waals surface area (Å²) in [5.74, 6) is 0.457. The van der Waals surface area contributed by atoms with Crippen molar-refractivity contribution in [1.29, 1.82) is 0 Å². The van der Waals surface area contributed by atoms with Crippen molar-refractivity contribution in [2.24, 2.45) is 11.7 Å². The van der Waals surface area contributed by atoms with Crippen molar-refractivity contribution in [3.63, 3.8) is 0 Å². The van der Waals surface area contributed by atoms with Crippen molar-refractivity contribution in [3.05, 3.63) is 29.8 Å². The van der Waals surface area contributed by atoms with Crippen LogP contribution in [-0.4, -0.2) is 0 Å². The Labute approximate surface area is 79.4 Å². The molecule has 1 unspecified atom stereocenters. The lowest BCUT2D eigenvalue weighted by Crippen LogP contribution is -2.17. The van der Waals surface area contributed by atoms with Crippen molar-refractivity contribution in [3.8, 4) is 0 Å². The molecule has 1 aromatic carbocycles. The van der Waals surface area contributed by atoms with Crippen LogP contribution < -0.4 is 5.73 Å². The van der Waals surface area contributed by atoms with Crippen LogP contribution in [0.4, 0.5) is 0 Å². The molecule has 0 radical (unpaired) electrons. The van der Waals surface area contributed by atoms with Gasteiger partial charge in [0.2, 0.25) is 0 Å². The van der Waals surface area contributed by atoms with E-state index < -0.39 is 0 Å². The van der Waals surface area contributed by atoms with E-state index in [9.17, 15) is 0 Å². The van der Waals surface area contributed by atoms with Gasteiger partial charge in [-0.1, -0.05) is 32.0 Å². The van der Waals surface area contributed by atoms with Crippen molar-refractivity contribution >= 4 is 12.6 Å². The molecule has 0 fully saturated rings. The molecule has 0 aliphatic rings. The first kappa shape index (κ1) is 9.62. The van der Waals surface area contributed by atoms with Crippen LogP contribution in [0.2, 0.25) is 0 Å². The van der Waals surface area contributed by atoms with Crippen molar-refractivity contribution in [1.82, 2.24) is 0 Å². The summed E-state index contributed by atoms with van der Waals surface area (Å²) in [6.07, 6.45) is 0. The van der Waals surface area contributed by atoms with Crippen LogP contribution in [0.3, 0.4) is 0 Å². The molecule has 0 aromatic heterocycles. The van der Waals surface area contributed by atoms with Crippen LogP contribution in [0.25, 0.3) is 0 Å². The zero-order valence-electron chi connectivity index (χ0n) is 7.49. The van der Waals surface area contributed by atoms with Crippen LogP contribution in [-0.2, 0) is 0 Å². The molecule has 2 heteroatoms. The Hall–Kier alpha value is -0.470. The Kier molecular flexibility index (Phi) is 3.18. The summed E-state index contributed by atoms with van der Waals surface area (Å²) in [6.45, 7) is 4.23. The largest absolute Gasteiger partial charge is 0.324 e. The Morgan fingerprint density at radius 2 is 1.83 bits per heavy atom. The quantitative estimate of drug-likeness (QED) is 0.674. The Balaban J connectivity index is 2.94. The highest BCUT2D eigenvalue weighted by molar-refractivity contribution is 7.80. The van der Waals surface area contributed by atoms with Crippen LogP contribution in [0, 0.1) is 5.92 Å². The lowest BCUT2D eigenvalue weighted by atomic mass is 9.97. The van der Waals surface area contributed by atoms with Gasteiger partial charge in [0.05, 0.1) is 0 Å². The summed E-state index contributed by atoms with van der Waals surface area (Å²) in [7, 11) is 0. The van der Waals surface area contributed by atoms with Gasteiger partial charge in [0.1, 0.15) is 0 Å². The Bertz CT molecular complexity index is 258. The lowest BCUT2D eigenvalue weighted by Gasteiger charge is -2.17. The van der Waals surface area contributed by atoms with Gasteiger partial charge in [-0.05, 0) is 17.5 Å². The first-order valence-electron chi connectivity index (χ1n) is 4.16. The summed E-state index contributed by atoms with van der Waals surface area (Å²) >= 11 is 4.35. The first-order valence-corrected chi connectivity index (χ1v) is 4.61. The van der Waals surface area contributed by atoms with Crippen LogP contribution in [0.1, 0.15) is 25.5 Å². The van der Waals surface area contributed by atoms with Gasteiger partial charge < -0.3 is 5.73 Å². The predicted octanol–water partition coefficient (Wildman–Crippen LogP) is 2.63. The van der Waals surface area contributed by atoms with Crippen molar-refractivity contribution in [2.75, 3.05) is 0 Å². The van der Waals surface area contributed by atoms with Gasteiger partial charge in [-0.25, -0.2) is 0 Å². The minimum Gasteiger partial charge on any atom is -0.324 e. The standard InChI is InChI=1S/C10H15NS/c1-7(2)10(11)8-5-3-4-6-9(8)12/h3-7,10,12H,11H2,1-2H3. The predicted molar refractivity (Wildman–Crippen MR) is 55.5 cm³/mol. The van der Waals surface area contributed by atoms with Gasteiger partial charge >= 0.3 is 0 Å². The third-order valence-electron chi connectivity index (χ3n) is 2.01. The SMILES string of the molecule is CC(C)C(N)c1ccccc1S. The number of thiol groups is 1. The van der Waals surface area contributed by atoms with E-state index in [1.54, 1.807) is 0 Å². The van der Waals surface area contributed by atoms with Crippen LogP contribution in [0.15, 0.2) is 29.2 Å². The molecule has 0 spiro atoms. The fourth-order valence-electron chi connectivity index (χ4n) is 1.13. The molecule has 0 saturated heterocycles. The topological polar surface area (TPSA) is 26.0 Å². The number of nitrogens with two attached hydrogens (primary N) is 1. The highest BCUT2D eigenvalue weighted by Crippen LogP contribution is 2.24. The molecule has 0 heterocycles. The number of benzene rings is 1. The molecule has 0 aliphatic heterocycles. The maximum atomic E-state index is 5.99. The maximum Gasteiger partial charge on any atom is 0.0329 e. The minimum atomic E-state index is 0.0960. The third kappa shape index (κ3) is 2.02. The average Bonchev–Trinajstić information content (AvgIpc) is 2.04. The molecule has 66 valence electrons. The molecule has 0 aliphatic carbocycles. The summed E-state index contributed by atoms with van der Waals surface area (Å²) in [4.78, 5) is 0.985. The van der Waals surface area contributed by atoms with Crippen molar-refractivity contribution < 1.29 is 0 Å². The highest BCUT2D eigenvalue weighted by Gasteiger charge is 2.11. The Morgan fingerprint density at radius 3 is 2.33 bits per heavy atom. The fourth-order valence-corrected chi connectivity index (χ4v) is 1.44. The number of hydrogen-bond acceptors (Lipinski definition) is 2. The fraction of sp³-hybridized carbons (Fsp3) is 0.400. The van der Waals surface area contributed by atoms with Gasteiger partial charge in [-0.15, -0.1) is 12.6 Å². The minimum absolute atomic E-state index is 0.0960. The molecule has 12 heavy (non-hydrogen) atoms. The average molecular weight is 181 g/mol. The van der Waals surface area contributed by atoms with Gasteiger partial charge in [-0.3, -0.25) is 0 Å². The maximum absolute atomic E-state index is 5.99. The van der Waals surface area contributed by atoms with E-state index in [4.69, 9.17) is 5.73 Å². The summed E-state index contributed by atoms with van der Waals surface area (Å²) in [6, 6.07) is 8.07. The van der Waals surface area contributed by atoms with E-state index in [-0.39, 0.29) is 6.04 Å². The molecule has 0 saturated carbocycles. The molecule has 0 bridgehead atoms. The summed E-state index contributed by atoms with van der Waals surface area (Å²) in [5.41, 5.74) is 7.12. The molecule has 0 amide bonds. The van der Waals surface area contributed by atoms with E-state index in [1.165, 1.54) is 0 Å². The van der Waals surface area contributed by atoms with Crippen LogP contribution in [0.5, 0.6) is 0 Å². The smallest absolute Gasteiger partial charge is 0.0329 e. The summed E-state index contributed by atoms with van der Waals surface area (Å²) in [5, 5.41) is 0. The van der Waals surface area contributed by atoms with E-state index >= 15 is 0 Å². The van der Waals surface area contributed by atoms with Crippen LogP contribution >= 0.6 is 12.6 Å². The zero-order valence-corrected chi connectivity index (χ0v) is 8.38. The Morgan fingerprint density at radius 1 is 1.25 bits per heavy atom. The van der Waals surface area contributed by atoms with Gasteiger partial charge in [0, 0.05) is 10.9 Å². The highest BCUT2D eigenvalue weighted by atomic mass is 32.1. The van der Waals surface area contributed by atoms with E-state index in [0.29, 0.717) is 5.92 Å². The first-order chi connectivity index (χ1) is 5.63. The molecule has 1 nitrogen and oxygen atoms in total. The lowest BCUT2D eigenvalue weighted by molar-refractivity contribution is 0.508. The van der Waals surface area contributed by atoms with Gasteiger partial charge in [-0.2, -0.15) is 0 Å². The number of rotatable bonds is 2. The molecular weight excluding hydrogens is 166 g/mol. The molecular formula is C10H15NS. The van der Waals surface area contributed by atoms with E-state index in [2.05, 4.69) is 26.5 Å².